The topological polar surface area (TPSA) is 85.6 Å². The summed E-state index contributed by atoms with van der Waals surface area (Å²) in [5.74, 6) is -1.37. The Morgan fingerprint density at radius 3 is 2.71 bits per heavy atom. The SMILES string of the molecule is C[C@H](OC(=O)c1cc(=O)c2ccccc2o1)C(=O)NC1CCCC1. The zero-order chi connectivity index (χ0) is 17.1. The van der Waals surface area contributed by atoms with Crippen LogP contribution in [0.2, 0.25) is 0 Å². The lowest BCUT2D eigenvalue weighted by atomic mass is 10.2. The Kier molecular flexibility index (Phi) is 4.64. The first kappa shape index (κ1) is 16.2. The van der Waals surface area contributed by atoms with Crippen molar-refractivity contribution in [3.8, 4) is 0 Å². The fourth-order valence-corrected chi connectivity index (χ4v) is 2.87. The molecule has 6 nitrogen and oxygen atoms in total. The minimum Gasteiger partial charge on any atom is -0.449 e. The number of fused-ring (bicyclic) bond motifs is 1. The highest BCUT2D eigenvalue weighted by molar-refractivity contribution is 5.91. The summed E-state index contributed by atoms with van der Waals surface area (Å²) in [4.78, 5) is 36.2. The third kappa shape index (κ3) is 3.48. The van der Waals surface area contributed by atoms with Crippen molar-refractivity contribution in [2.75, 3.05) is 0 Å². The van der Waals surface area contributed by atoms with E-state index in [2.05, 4.69) is 5.32 Å². The predicted octanol–water partition coefficient (Wildman–Crippen LogP) is 2.40. The fourth-order valence-electron chi connectivity index (χ4n) is 2.87. The standard InChI is InChI=1S/C18H19NO5/c1-11(17(21)19-12-6-2-3-7-12)23-18(22)16-10-14(20)13-8-4-5-9-15(13)24-16/h4-5,8-12H,2-3,6-7H2,1H3,(H,19,21)/t11-/m0/s1. The average molecular weight is 329 g/mol. The largest absolute Gasteiger partial charge is 0.449 e. The first-order valence-electron chi connectivity index (χ1n) is 8.09. The second kappa shape index (κ2) is 6.86. The number of hydrogen-bond acceptors (Lipinski definition) is 5. The van der Waals surface area contributed by atoms with E-state index in [9.17, 15) is 14.4 Å². The molecule has 1 fully saturated rings. The first-order chi connectivity index (χ1) is 11.5. The molecule has 0 radical (unpaired) electrons. The zero-order valence-corrected chi connectivity index (χ0v) is 13.4. The predicted molar refractivity (Wildman–Crippen MR) is 87.8 cm³/mol. The van der Waals surface area contributed by atoms with Gasteiger partial charge in [0.15, 0.2) is 11.5 Å². The van der Waals surface area contributed by atoms with E-state index in [4.69, 9.17) is 9.15 Å². The lowest BCUT2D eigenvalue weighted by Gasteiger charge is -2.16. The molecule has 24 heavy (non-hydrogen) atoms. The Morgan fingerprint density at radius 2 is 1.96 bits per heavy atom. The van der Waals surface area contributed by atoms with Gasteiger partial charge in [-0.3, -0.25) is 9.59 Å². The normalized spacial score (nSPS) is 16.0. The molecule has 1 amide bonds. The summed E-state index contributed by atoms with van der Waals surface area (Å²) in [6, 6.07) is 7.88. The number of carbonyl (C=O) groups excluding carboxylic acids is 2. The van der Waals surface area contributed by atoms with Gasteiger partial charge < -0.3 is 14.5 Å². The summed E-state index contributed by atoms with van der Waals surface area (Å²) in [5.41, 5.74) is -0.0214. The van der Waals surface area contributed by atoms with E-state index < -0.39 is 12.1 Å². The van der Waals surface area contributed by atoms with Crippen LogP contribution in [-0.2, 0) is 9.53 Å². The summed E-state index contributed by atoms with van der Waals surface area (Å²) in [6.07, 6.45) is 3.15. The molecule has 6 heteroatoms. The Balaban J connectivity index is 1.70. The van der Waals surface area contributed by atoms with Gasteiger partial charge in [-0.25, -0.2) is 4.79 Å². The van der Waals surface area contributed by atoms with E-state index in [1.807, 2.05) is 0 Å². The third-order valence-electron chi connectivity index (χ3n) is 4.19. The summed E-state index contributed by atoms with van der Waals surface area (Å²) in [5, 5.41) is 3.26. The van der Waals surface area contributed by atoms with Crippen molar-refractivity contribution in [2.45, 2.75) is 44.8 Å². The number of nitrogens with one attached hydrogen (secondary N) is 1. The maximum absolute atomic E-state index is 12.2. The van der Waals surface area contributed by atoms with E-state index >= 15 is 0 Å². The van der Waals surface area contributed by atoms with E-state index in [0.717, 1.165) is 31.7 Å². The first-order valence-corrected chi connectivity index (χ1v) is 8.09. The molecule has 0 aliphatic heterocycles. The van der Waals surface area contributed by atoms with Crippen LogP contribution in [0.3, 0.4) is 0 Å². The van der Waals surface area contributed by atoms with Crippen LogP contribution in [0.1, 0.15) is 43.2 Å². The molecule has 0 unspecified atom stereocenters. The zero-order valence-electron chi connectivity index (χ0n) is 13.4. The van der Waals surface area contributed by atoms with Gasteiger partial charge in [-0.2, -0.15) is 0 Å². The van der Waals surface area contributed by atoms with Crippen molar-refractivity contribution >= 4 is 22.8 Å². The Morgan fingerprint density at radius 1 is 1.25 bits per heavy atom. The molecular weight excluding hydrogens is 310 g/mol. The number of ether oxygens (including phenoxy) is 1. The van der Waals surface area contributed by atoms with Crippen molar-refractivity contribution < 1.29 is 18.7 Å². The monoisotopic (exact) mass is 329 g/mol. The van der Waals surface area contributed by atoms with Gasteiger partial charge in [0, 0.05) is 12.1 Å². The maximum atomic E-state index is 12.2. The molecule has 1 atom stereocenters. The minimum absolute atomic E-state index is 0.150. The van der Waals surface area contributed by atoms with Crippen LogP contribution < -0.4 is 10.7 Å². The second-order valence-corrected chi connectivity index (χ2v) is 6.01. The third-order valence-corrected chi connectivity index (χ3v) is 4.19. The van der Waals surface area contributed by atoms with Crippen molar-refractivity contribution in [1.82, 2.24) is 5.32 Å². The number of hydrogen-bond donors (Lipinski definition) is 1. The highest BCUT2D eigenvalue weighted by atomic mass is 16.6. The van der Waals surface area contributed by atoms with Crippen molar-refractivity contribution in [3.05, 3.63) is 46.3 Å². The number of para-hydroxylation sites is 1. The lowest BCUT2D eigenvalue weighted by Crippen LogP contribution is -2.40. The Bertz CT molecular complexity index is 820. The smallest absolute Gasteiger partial charge is 0.375 e. The number of carbonyl (C=O) groups is 2. The number of esters is 1. The lowest BCUT2D eigenvalue weighted by molar-refractivity contribution is -0.129. The molecule has 0 saturated heterocycles. The molecule has 0 bridgehead atoms. The van der Waals surface area contributed by atoms with Crippen LogP contribution in [0.15, 0.2) is 39.5 Å². The van der Waals surface area contributed by atoms with Crippen LogP contribution >= 0.6 is 0 Å². The molecule has 126 valence electrons. The highest BCUT2D eigenvalue weighted by Crippen LogP contribution is 2.18. The van der Waals surface area contributed by atoms with Gasteiger partial charge in [0.2, 0.25) is 5.76 Å². The van der Waals surface area contributed by atoms with E-state index in [0.29, 0.717) is 11.0 Å². The van der Waals surface area contributed by atoms with E-state index in [1.165, 1.54) is 6.92 Å². The summed E-state index contributed by atoms with van der Waals surface area (Å²) >= 11 is 0. The molecular formula is C18H19NO5. The maximum Gasteiger partial charge on any atom is 0.375 e. The number of rotatable bonds is 4. The summed E-state index contributed by atoms with van der Waals surface area (Å²) < 4.78 is 10.5. The summed E-state index contributed by atoms with van der Waals surface area (Å²) in [7, 11) is 0. The van der Waals surface area contributed by atoms with Crippen molar-refractivity contribution in [3.63, 3.8) is 0 Å². The Labute approximate surface area is 138 Å². The van der Waals surface area contributed by atoms with Gasteiger partial charge in [-0.05, 0) is 31.9 Å². The highest BCUT2D eigenvalue weighted by Gasteiger charge is 2.24. The molecule has 2 aromatic rings. The van der Waals surface area contributed by atoms with Gasteiger partial charge >= 0.3 is 5.97 Å². The molecule has 0 spiro atoms. The molecule has 1 heterocycles. The van der Waals surface area contributed by atoms with E-state index in [1.54, 1.807) is 24.3 Å². The number of amides is 1. The quantitative estimate of drug-likeness (QED) is 0.871. The van der Waals surface area contributed by atoms with Crippen molar-refractivity contribution in [1.29, 1.82) is 0 Å². The molecule has 1 aromatic carbocycles. The Hall–Kier alpha value is -2.63. The molecule has 1 aliphatic carbocycles. The van der Waals surface area contributed by atoms with Crippen LogP contribution in [-0.4, -0.2) is 24.0 Å². The molecule has 1 N–H and O–H groups in total. The average Bonchev–Trinajstić information content (AvgIpc) is 3.07. The molecule has 1 aromatic heterocycles. The molecule has 1 aliphatic rings. The van der Waals surface area contributed by atoms with Crippen molar-refractivity contribution in [2.24, 2.45) is 0 Å². The molecule has 1 saturated carbocycles. The number of benzene rings is 1. The minimum atomic E-state index is -0.949. The van der Waals surface area contributed by atoms with Gasteiger partial charge in [0.05, 0.1) is 5.39 Å². The van der Waals surface area contributed by atoms with Crippen LogP contribution in [0.4, 0.5) is 0 Å². The van der Waals surface area contributed by atoms with Gasteiger partial charge in [-0.1, -0.05) is 25.0 Å². The summed E-state index contributed by atoms with van der Waals surface area (Å²) in [6.45, 7) is 1.50. The van der Waals surface area contributed by atoms with E-state index in [-0.39, 0.29) is 23.1 Å². The fraction of sp³-hybridized carbons (Fsp3) is 0.389. The van der Waals surface area contributed by atoms with Gasteiger partial charge in [0.25, 0.3) is 5.91 Å². The van der Waals surface area contributed by atoms with Crippen LogP contribution in [0.5, 0.6) is 0 Å². The second-order valence-electron chi connectivity index (χ2n) is 6.01. The van der Waals surface area contributed by atoms with Crippen LogP contribution in [0, 0.1) is 0 Å². The van der Waals surface area contributed by atoms with Gasteiger partial charge in [0.1, 0.15) is 5.58 Å². The van der Waals surface area contributed by atoms with Crippen LogP contribution in [0.25, 0.3) is 11.0 Å². The van der Waals surface area contributed by atoms with Gasteiger partial charge in [-0.15, -0.1) is 0 Å². The molecule has 3 rings (SSSR count).